The summed E-state index contributed by atoms with van der Waals surface area (Å²) in [4.78, 5) is 17.9. The van der Waals surface area contributed by atoms with Gasteiger partial charge in [-0.15, -0.1) is 0 Å². The van der Waals surface area contributed by atoms with Crippen LogP contribution in [0.25, 0.3) is 5.69 Å². The Morgan fingerprint density at radius 1 is 1.15 bits per heavy atom. The fraction of sp³-hybridized carbons (Fsp3) is 0.238. The molecule has 1 aromatic heterocycles. The van der Waals surface area contributed by atoms with E-state index in [4.69, 9.17) is 4.74 Å². The third kappa shape index (κ3) is 5.60. The van der Waals surface area contributed by atoms with Crippen LogP contribution in [0.15, 0.2) is 73.3 Å². The second-order valence-corrected chi connectivity index (χ2v) is 6.23. The predicted octanol–water partition coefficient (Wildman–Crippen LogP) is 3.48. The minimum Gasteiger partial charge on any atom is -0.494 e. The molecule has 3 rings (SSSR count). The van der Waals surface area contributed by atoms with Gasteiger partial charge in [-0.2, -0.15) is 0 Å². The van der Waals surface area contributed by atoms with Crippen LogP contribution in [0, 0.1) is 0 Å². The number of ether oxygens (including phenoxy) is 1. The Kier molecular flexibility index (Phi) is 6.46. The number of hydrogen-bond donors (Lipinski definition) is 1. The third-order valence-corrected chi connectivity index (χ3v) is 4.18. The van der Waals surface area contributed by atoms with E-state index >= 15 is 0 Å². The first-order valence-corrected chi connectivity index (χ1v) is 8.96. The Morgan fingerprint density at radius 2 is 1.93 bits per heavy atom. The van der Waals surface area contributed by atoms with Crippen LogP contribution >= 0.6 is 0 Å². The van der Waals surface area contributed by atoms with Gasteiger partial charge in [-0.05, 0) is 36.2 Å². The Hall–Kier alpha value is -3.28. The molecule has 140 valence electrons. The van der Waals surface area contributed by atoms with Gasteiger partial charge in [0.05, 0.1) is 12.9 Å². The topological polar surface area (TPSA) is 59.4 Å². The molecule has 1 heterocycles. The number of carbonyl (C=O) groups is 1. The van der Waals surface area contributed by atoms with Crippen molar-refractivity contribution in [1.82, 2.24) is 19.8 Å². The van der Waals surface area contributed by atoms with Crippen molar-refractivity contribution in [2.24, 2.45) is 0 Å². The summed E-state index contributed by atoms with van der Waals surface area (Å²) in [5, 5.41) is 2.94. The van der Waals surface area contributed by atoms with Gasteiger partial charge in [0, 0.05) is 38.2 Å². The first kappa shape index (κ1) is 18.5. The summed E-state index contributed by atoms with van der Waals surface area (Å²) < 4.78 is 7.58. The van der Waals surface area contributed by atoms with E-state index < -0.39 is 0 Å². The van der Waals surface area contributed by atoms with Crippen molar-refractivity contribution in [3.8, 4) is 11.4 Å². The van der Waals surface area contributed by atoms with E-state index in [1.165, 1.54) is 0 Å². The standard InChI is InChI=1S/C21H24N4O2/c1-24(13-5-15-27-20-6-3-2-4-7-20)21(26)23-16-18-8-10-19(11-9-18)25-14-12-22-17-25/h2-4,6-12,14,17H,5,13,15-16H2,1H3,(H,23,26). The molecule has 0 saturated heterocycles. The molecule has 0 radical (unpaired) electrons. The minimum absolute atomic E-state index is 0.0894. The first-order valence-electron chi connectivity index (χ1n) is 8.96. The maximum Gasteiger partial charge on any atom is 0.317 e. The number of imidazole rings is 1. The van der Waals surface area contributed by atoms with Crippen molar-refractivity contribution < 1.29 is 9.53 Å². The van der Waals surface area contributed by atoms with Crippen LogP contribution in [0.1, 0.15) is 12.0 Å². The van der Waals surface area contributed by atoms with Gasteiger partial charge < -0.3 is 19.5 Å². The molecule has 0 aliphatic rings. The molecule has 1 N–H and O–H groups in total. The summed E-state index contributed by atoms with van der Waals surface area (Å²) in [5.41, 5.74) is 2.09. The Labute approximate surface area is 159 Å². The Balaban J connectivity index is 1.37. The van der Waals surface area contributed by atoms with Gasteiger partial charge in [-0.3, -0.25) is 0 Å². The van der Waals surface area contributed by atoms with Crippen LogP contribution in [-0.4, -0.2) is 40.7 Å². The summed E-state index contributed by atoms with van der Waals surface area (Å²) >= 11 is 0. The van der Waals surface area contributed by atoms with Crippen LogP contribution in [0.5, 0.6) is 5.75 Å². The maximum atomic E-state index is 12.2. The largest absolute Gasteiger partial charge is 0.494 e. The highest BCUT2D eigenvalue weighted by molar-refractivity contribution is 5.73. The van der Waals surface area contributed by atoms with E-state index in [0.717, 1.165) is 23.4 Å². The number of para-hydroxylation sites is 1. The lowest BCUT2D eigenvalue weighted by atomic mass is 10.2. The number of carbonyl (C=O) groups excluding carboxylic acids is 1. The molecule has 6 nitrogen and oxygen atoms in total. The van der Waals surface area contributed by atoms with Gasteiger partial charge in [-0.1, -0.05) is 30.3 Å². The average molecular weight is 364 g/mol. The Morgan fingerprint density at radius 3 is 2.63 bits per heavy atom. The van der Waals surface area contributed by atoms with Crippen molar-refractivity contribution in [2.75, 3.05) is 20.2 Å². The Bertz CT molecular complexity index is 817. The fourth-order valence-corrected chi connectivity index (χ4v) is 2.62. The number of nitrogens with zero attached hydrogens (tertiary/aromatic N) is 3. The van der Waals surface area contributed by atoms with Gasteiger partial charge in [-0.25, -0.2) is 9.78 Å². The van der Waals surface area contributed by atoms with Crippen LogP contribution in [-0.2, 0) is 6.54 Å². The van der Waals surface area contributed by atoms with Crippen molar-refractivity contribution >= 4 is 6.03 Å². The highest BCUT2D eigenvalue weighted by atomic mass is 16.5. The van der Waals surface area contributed by atoms with Gasteiger partial charge in [0.25, 0.3) is 0 Å². The molecule has 0 bridgehead atoms. The number of urea groups is 1. The van der Waals surface area contributed by atoms with E-state index in [2.05, 4.69) is 10.3 Å². The first-order chi connectivity index (χ1) is 13.2. The van der Waals surface area contributed by atoms with Gasteiger partial charge in [0.1, 0.15) is 5.75 Å². The maximum absolute atomic E-state index is 12.2. The summed E-state index contributed by atoms with van der Waals surface area (Å²) in [5.74, 6) is 0.851. The molecule has 2 amide bonds. The van der Waals surface area contributed by atoms with E-state index in [0.29, 0.717) is 19.7 Å². The minimum atomic E-state index is -0.0894. The van der Waals surface area contributed by atoms with E-state index in [1.54, 1.807) is 24.5 Å². The van der Waals surface area contributed by atoms with Crippen LogP contribution in [0.2, 0.25) is 0 Å². The van der Waals surface area contributed by atoms with Gasteiger partial charge in [0.15, 0.2) is 0 Å². The summed E-state index contributed by atoms with van der Waals surface area (Å²) in [6.45, 7) is 1.71. The number of rotatable bonds is 8. The summed E-state index contributed by atoms with van der Waals surface area (Å²) in [6, 6.07) is 17.6. The fourth-order valence-electron chi connectivity index (χ4n) is 2.62. The van der Waals surface area contributed by atoms with Crippen LogP contribution in [0.4, 0.5) is 4.79 Å². The highest BCUT2D eigenvalue weighted by Gasteiger charge is 2.08. The molecule has 0 atom stereocenters. The third-order valence-electron chi connectivity index (χ3n) is 4.18. The number of amides is 2. The molecular formula is C21H24N4O2. The lowest BCUT2D eigenvalue weighted by Gasteiger charge is -2.18. The number of hydrogen-bond acceptors (Lipinski definition) is 3. The number of aromatic nitrogens is 2. The summed E-state index contributed by atoms with van der Waals surface area (Å²) in [6.07, 6.45) is 6.17. The van der Waals surface area contributed by atoms with Crippen molar-refractivity contribution in [1.29, 1.82) is 0 Å². The molecule has 0 saturated carbocycles. The quantitative estimate of drug-likeness (QED) is 0.623. The molecule has 3 aromatic rings. The predicted molar refractivity (Wildman–Crippen MR) is 105 cm³/mol. The second-order valence-electron chi connectivity index (χ2n) is 6.23. The number of benzene rings is 2. The van der Waals surface area contributed by atoms with Crippen molar-refractivity contribution in [2.45, 2.75) is 13.0 Å². The van der Waals surface area contributed by atoms with E-state index in [9.17, 15) is 4.79 Å². The van der Waals surface area contributed by atoms with Crippen molar-refractivity contribution in [3.05, 3.63) is 78.9 Å². The molecule has 2 aromatic carbocycles. The SMILES string of the molecule is CN(CCCOc1ccccc1)C(=O)NCc1ccc(-n2ccnc2)cc1. The number of nitrogens with one attached hydrogen (secondary N) is 1. The molecule has 27 heavy (non-hydrogen) atoms. The molecular weight excluding hydrogens is 340 g/mol. The molecule has 6 heteroatoms. The van der Waals surface area contributed by atoms with Gasteiger partial charge in [0.2, 0.25) is 0 Å². The van der Waals surface area contributed by atoms with Crippen LogP contribution < -0.4 is 10.1 Å². The zero-order chi connectivity index (χ0) is 18.9. The summed E-state index contributed by atoms with van der Waals surface area (Å²) in [7, 11) is 1.79. The monoisotopic (exact) mass is 364 g/mol. The molecule has 0 aliphatic carbocycles. The van der Waals surface area contributed by atoms with E-state index in [-0.39, 0.29) is 6.03 Å². The molecule has 0 spiro atoms. The lowest BCUT2D eigenvalue weighted by molar-refractivity contribution is 0.203. The molecule has 0 fully saturated rings. The zero-order valence-corrected chi connectivity index (χ0v) is 15.4. The average Bonchev–Trinajstić information content (AvgIpc) is 3.25. The highest BCUT2D eigenvalue weighted by Crippen LogP contribution is 2.10. The van der Waals surface area contributed by atoms with Gasteiger partial charge >= 0.3 is 6.03 Å². The second kappa shape index (κ2) is 9.43. The van der Waals surface area contributed by atoms with Crippen molar-refractivity contribution in [3.63, 3.8) is 0 Å². The normalized spacial score (nSPS) is 10.4. The lowest BCUT2D eigenvalue weighted by Crippen LogP contribution is -2.37. The molecule has 0 unspecified atom stereocenters. The van der Waals surface area contributed by atoms with E-state index in [1.807, 2.05) is 65.4 Å². The van der Waals surface area contributed by atoms with Crippen LogP contribution in [0.3, 0.4) is 0 Å². The smallest absolute Gasteiger partial charge is 0.317 e. The molecule has 0 aliphatic heterocycles. The zero-order valence-electron chi connectivity index (χ0n) is 15.4.